The van der Waals surface area contributed by atoms with E-state index in [1.165, 1.54) is 25.7 Å². The molecule has 1 saturated carbocycles. The molecule has 3 nitrogen and oxygen atoms in total. The lowest BCUT2D eigenvalue weighted by atomic mass is 9.89. The lowest BCUT2D eigenvalue weighted by Crippen LogP contribution is -2.19. The molecule has 21 heavy (non-hydrogen) atoms. The molecule has 0 radical (unpaired) electrons. The Labute approximate surface area is 125 Å². The number of benzene rings is 1. The van der Waals surface area contributed by atoms with E-state index >= 15 is 0 Å². The van der Waals surface area contributed by atoms with Crippen LogP contribution in [-0.2, 0) is 4.79 Å². The van der Waals surface area contributed by atoms with E-state index in [9.17, 15) is 4.79 Å². The number of carbonyl (C=O) groups excluding carboxylic acids is 1. The first-order valence-electron chi connectivity index (χ1n) is 7.87. The van der Waals surface area contributed by atoms with Crippen molar-refractivity contribution < 1.29 is 4.79 Å². The maximum atomic E-state index is 12.3. The fraction of sp³-hybridized carbons (Fsp3) is 0.444. The summed E-state index contributed by atoms with van der Waals surface area (Å²) in [5.41, 5.74) is 1.68. The van der Waals surface area contributed by atoms with E-state index in [4.69, 9.17) is 0 Å². The molecule has 1 amide bonds. The molecular weight excluding hydrogens is 260 g/mol. The molecule has 1 aromatic heterocycles. The number of hydrogen-bond acceptors (Lipinski definition) is 2. The predicted molar refractivity (Wildman–Crippen MR) is 86.1 cm³/mol. The zero-order valence-electron chi connectivity index (χ0n) is 12.5. The minimum atomic E-state index is 0.104. The van der Waals surface area contributed by atoms with Crippen LogP contribution in [0.2, 0.25) is 0 Å². The van der Waals surface area contributed by atoms with Gasteiger partial charge in [-0.1, -0.05) is 50.8 Å². The van der Waals surface area contributed by atoms with Gasteiger partial charge in [0.1, 0.15) is 0 Å². The summed E-state index contributed by atoms with van der Waals surface area (Å²) in [4.78, 5) is 16.7. The number of aromatic nitrogens is 1. The number of nitrogens with zero attached hydrogens (tertiary/aromatic N) is 1. The first-order chi connectivity index (χ1) is 10.2. The Morgan fingerprint density at radius 3 is 2.86 bits per heavy atom. The van der Waals surface area contributed by atoms with Gasteiger partial charge in [-0.25, -0.2) is 0 Å². The third-order valence-corrected chi connectivity index (χ3v) is 4.62. The summed E-state index contributed by atoms with van der Waals surface area (Å²) in [6, 6.07) is 9.82. The van der Waals surface area contributed by atoms with Crippen LogP contribution in [-0.4, -0.2) is 10.9 Å². The largest absolute Gasteiger partial charge is 0.324 e. The molecule has 0 aliphatic heterocycles. The second-order valence-electron chi connectivity index (χ2n) is 6.15. The molecule has 1 aliphatic rings. The molecule has 1 aromatic carbocycles. The topological polar surface area (TPSA) is 42.0 Å². The van der Waals surface area contributed by atoms with Gasteiger partial charge in [0, 0.05) is 18.0 Å². The highest BCUT2D eigenvalue weighted by molar-refractivity contribution is 6.00. The van der Waals surface area contributed by atoms with Gasteiger partial charge < -0.3 is 5.32 Å². The molecule has 1 fully saturated rings. The lowest BCUT2D eigenvalue weighted by molar-refractivity contribution is -0.117. The summed E-state index contributed by atoms with van der Waals surface area (Å²) in [6.07, 6.45) is 7.58. The van der Waals surface area contributed by atoms with Crippen molar-refractivity contribution >= 4 is 22.5 Å². The molecule has 0 spiro atoms. The predicted octanol–water partition coefficient (Wildman–Crippen LogP) is 4.39. The fourth-order valence-electron chi connectivity index (χ4n) is 3.39. The van der Waals surface area contributed by atoms with E-state index in [0.29, 0.717) is 12.3 Å². The summed E-state index contributed by atoms with van der Waals surface area (Å²) < 4.78 is 0. The van der Waals surface area contributed by atoms with Crippen molar-refractivity contribution in [2.75, 3.05) is 5.32 Å². The zero-order chi connectivity index (χ0) is 14.7. The van der Waals surface area contributed by atoms with Gasteiger partial charge in [0.05, 0.1) is 11.2 Å². The Morgan fingerprint density at radius 1 is 1.29 bits per heavy atom. The Kier molecular flexibility index (Phi) is 4.18. The van der Waals surface area contributed by atoms with Crippen molar-refractivity contribution in [2.45, 2.75) is 39.0 Å². The summed E-state index contributed by atoms with van der Waals surface area (Å²) >= 11 is 0. The standard InChI is InChI=1S/C18H22N2O/c1-13(14-6-2-3-7-14)12-17(21)20-16-10-4-8-15-9-5-11-19-18(15)16/h4-5,8-11,13-14H,2-3,6-7,12H2,1H3,(H,20,21)/t13-/m1/s1. The van der Waals surface area contributed by atoms with Crippen molar-refractivity contribution in [2.24, 2.45) is 11.8 Å². The van der Waals surface area contributed by atoms with Crippen LogP contribution in [0.5, 0.6) is 0 Å². The number of pyridine rings is 1. The summed E-state index contributed by atoms with van der Waals surface area (Å²) in [7, 11) is 0. The van der Waals surface area contributed by atoms with Crippen molar-refractivity contribution in [3.8, 4) is 0 Å². The van der Waals surface area contributed by atoms with Gasteiger partial charge >= 0.3 is 0 Å². The zero-order valence-corrected chi connectivity index (χ0v) is 12.5. The van der Waals surface area contributed by atoms with Crippen LogP contribution >= 0.6 is 0 Å². The average Bonchev–Trinajstić information content (AvgIpc) is 3.02. The molecule has 110 valence electrons. The van der Waals surface area contributed by atoms with Crippen molar-refractivity contribution in [1.29, 1.82) is 0 Å². The van der Waals surface area contributed by atoms with Gasteiger partial charge in [-0.05, 0) is 24.0 Å². The summed E-state index contributed by atoms with van der Waals surface area (Å²) in [5, 5.41) is 4.09. The van der Waals surface area contributed by atoms with Gasteiger partial charge in [-0.2, -0.15) is 0 Å². The number of fused-ring (bicyclic) bond motifs is 1. The van der Waals surface area contributed by atoms with Crippen LogP contribution in [0.4, 0.5) is 5.69 Å². The maximum Gasteiger partial charge on any atom is 0.224 e. The molecule has 1 aliphatic carbocycles. The number of carbonyl (C=O) groups is 1. The van der Waals surface area contributed by atoms with Gasteiger partial charge in [-0.15, -0.1) is 0 Å². The highest BCUT2D eigenvalue weighted by Gasteiger charge is 2.23. The molecule has 2 aromatic rings. The molecule has 3 heteroatoms. The molecular formula is C18H22N2O. The van der Waals surface area contributed by atoms with Crippen LogP contribution in [0.15, 0.2) is 36.5 Å². The van der Waals surface area contributed by atoms with E-state index in [1.807, 2.05) is 30.3 Å². The first kappa shape index (κ1) is 14.1. The number of para-hydroxylation sites is 1. The highest BCUT2D eigenvalue weighted by atomic mass is 16.1. The van der Waals surface area contributed by atoms with Crippen LogP contribution in [0, 0.1) is 11.8 Å². The van der Waals surface area contributed by atoms with Crippen molar-refractivity contribution in [3.05, 3.63) is 36.5 Å². The molecule has 0 unspecified atom stereocenters. The van der Waals surface area contributed by atoms with Gasteiger partial charge in [0.15, 0.2) is 0 Å². The van der Waals surface area contributed by atoms with Gasteiger partial charge in [0.25, 0.3) is 0 Å². The van der Waals surface area contributed by atoms with E-state index < -0.39 is 0 Å². The molecule has 1 atom stereocenters. The fourth-order valence-corrected chi connectivity index (χ4v) is 3.39. The van der Waals surface area contributed by atoms with Crippen molar-refractivity contribution in [3.63, 3.8) is 0 Å². The quantitative estimate of drug-likeness (QED) is 0.903. The Balaban J connectivity index is 1.68. The minimum Gasteiger partial charge on any atom is -0.324 e. The number of anilines is 1. The Morgan fingerprint density at radius 2 is 2.05 bits per heavy atom. The highest BCUT2D eigenvalue weighted by Crippen LogP contribution is 2.33. The van der Waals surface area contributed by atoms with Crippen LogP contribution in [0.25, 0.3) is 10.9 Å². The molecule has 1 N–H and O–H groups in total. The summed E-state index contributed by atoms with van der Waals surface area (Å²) in [5.74, 6) is 1.30. The minimum absolute atomic E-state index is 0.104. The van der Waals surface area contributed by atoms with Gasteiger partial charge in [0.2, 0.25) is 5.91 Å². The Hall–Kier alpha value is -1.90. The van der Waals surface area contributed by atoms with E-state index in [0.717, 1.165) is 22.5 Å². The maximum absolute atomic E-state index is 12.3. The second-order valence-corrected chi connectivity index (χ2v) is 6.15. The first-order valence-corrected chi connectivity index (χ1v) is 7.87. The van der Waals surface area contributed by atoms with E-state index in [2.05, 4.69) is 17.2 Å². The summed E-state index contributed by atoms with van der Waals surface area (Å²) in [6.45, 7) is 2.21. The lowest BCUT2D eigenvalue weighted by Gasteiger charge is -2.18. The van der Waals surface area contributed by atoms with Gasteiger partial charge in [-0.3, -0.25) is 9.78 Å². The number of amides is 1. The van der Waals surface area contributed by atoms with Crippen LogP contribution in [0.1, 0.15) is 39.0 Å². The molecule has 1 heterocycles. The number of hydrogen-bond donors (Lipinski definition) is 1. The van der Waals surface area contributed by atoms with E-state index in [1.54, 1.807) is 6.20 Å². The van der Waals surface area contributed by atoms with Crippen LogP contribution in [0.3, 0.4) is 0 Å². The van der Waals surface area contributed by atoms with Crippen LogP contribution < -0.4 is 5.32 Å². The number of nitrogens with one attached hydrogen (secondary N) is 1. The normalized spacial score (nSPS) is 17.0. The molecule has 0 saturated heterocycles. The Bertz CT molecular complexity index is 627. The smallest absolute Gasteiger partial charge is 0.224 e. The molecule has 0 bridgehead atoms. The van der Waals surface area contributed by atoms with Crippen molar-refractivity contribution in [1.82, 2.24) is 4.98 Å². The third-order valence-electron chi connectivity index (χ3n) is 4.62. The monoisotopic (exact) mass is 282 g/mol. The average molecular weight is 282 g/mol. The third kappa shape index (κ3) is 3.23. The number of rotatable bonds is 4. The second kappa shape index (κ2) is 6.25. The van der Waals surface area contributed by atoms with E-state index in [-0.39, 0.29) is 5.91 Å². The molecule has 3 rings (SSSR count). The SMILES string of the molecule is C[C@H](CC(=O)Nc1cccc2cccnc12)C1CCCC1.